The number of hydrogen-bond donors (Lipinski definition) is 2. The van der Waals surface area contributed by atoms with Crippen molar-refractivity contribution in [3.05, 3.63) is 70.2 Å². The molecule has 0 aliphatic carbocycles. The topological polar surface area (TPSA) is 118 Å². The number of anilines is 2. The molecule has 1 aromatic heterocycles. The Morgan fingerprint density at radius 1 is 1.12 bits per heavy atom. The van der Waals surface area contributed by atoms with E-state index in [4.69, 9.17) is 0 Å². The van der Waals surface area contributed by atoms with Gasteiger partial charge in [0.05, 0.1) is 29.8 Å². The average molecular weight is 487 g/mol. The number of sulfonamides is 1. The Balaban J connectivity index is 1.43. The quantitative estimate of drug-likeness (QED) is 0.532. The number of aromatic nitrogens is 1. The number of carbonyl (C=O) groups excluding carboxylic acids is 2. The number of nitrogens with one attached hydrogen (secondary N) is 2. The van der Waals surface area contributed by atoms with Crippen LogP contribution in [0.15, 0.2) is 53.4 Å². The number of methoxy groups -OCH3 is 1. The monoisotopic (exact) mass is 486 g/mol. The van der Waals surface area contributed by atoms with Gasteiger partial charge in [0.1, 0.15) is 0 Å². The van der Waals surface area contributed by atoms with E-state index in [0.29, 0.717) is 29.3 Å². The van der Waals surface area contributed by atoms with Gasteiger partial charge in [0.2, 0.25) is 10.0 Å². The average Bonchev–Trinajstić information content (AvgIpc) is 3.20. The van der Waals surface area contributed by atoms with E-state index in [1.807, 2.05) is 6.92 Å². The Hall–Kier alpha value is -3.28. The molecule has 0 saturated heterocycles. The highest BCUT2D eigenvalue weighted by Crippen LogP contribution is 2.31. The molecule has 9 nitrogen and oxygen atoms in total. The van der Waals surface area contributed by atoms with Gasteiger partial charge < -0.3 is 10.1 Å². The molecule has 0 saturated carbocycles. The van der Waals surface area contributed by atoms with Crippen molar-refractivity contribution in [3.63, 3.8) is 0 Å². The van der Waals surface area contributed by atoms with Crippen molar-refractivity contribution < 1.29 is 22.7 Å². The number of ether oxygens (including phenoxy) is 1. The predicted molar refractivity (Wildman–Crippen MR) is 125 cm³/mol. The van der Waals surface area contributed by atoms with Crippen molar-refractivity contribution in [1.29, 1.82) is 0 Å². The molecule has 1 aliphatic rings. The number of rotatable bonds is 5. The minimum Gasteiger partial charge on any atom is -0.465 e. The molecule has 2 amide bonds. The van der Waals surface area contributed by atoms with Crippen LogP contribution in [0.3, 0.4) is 0 Å². The van der Waals surface area contributed by atoms with Crippen LogP contribution in [0.2, 0.25) is 0 Å². The summed E-state index contributed by atoms with van der Waals surface area (Å²) in [4.78, 5) is 29.5. The van der Waals surface area contributed by atoms with Crippen LogP contribution in [-0.2, 0) is 27.7 Å². The lowest BCUT2D eigenvalue weighted by molar-refractivity contribution is 0.0600. The Morgan fingerprint density at radius 2 is 1.88 bits per heavy atom. The van der Waals surface area contributed by atoms with Crippen molar-refractivity contribution >= 4 is 44.2 Å². The fraction of sp³-hybridized carbons (Fsp3) is 0.227. The highest BCUT2D eigenvalue weighted by Gasteiger charge is 2.30. The van der Waals surface area contributed by atoms with Gasteiger partial charge in [0.25, 0.3) is 0 Å². The summed E-state index contributed by atoms with van der Waals surface area (Å²) >= 11 is 1.24. The first-order valence-electron chi connectivity index (χ1n) is 10.1. The maximum absolute atomic E-state index is 13.0. The zero-order valence-corrected chi connectivity index (χ0v) is 19.6. The van der Waals surface area contributed by atoms with Crippen LogP contribution < -0.4 is 10.6 Å². The number of benzene rings is 2. The number of hydrogen-bond acceptors (Lipinski definition) is 7. The van der Waals surface area contributed by atoms with Gasteiger partial charge in [-0.15, -0.1) is 0 Å². The summed E-state index contributed by atoms with van der Waals surface area (Å²) in [7, 11) is -2.33. The summed E-state index contributed by atoms with van der Waals surface area (Å²) in [6.07, 6.45) is 0.460. The minimum atomic E-state index is -3.61. The molecule has 1 aliphatic heterocycles. The maximum Gasteiger partial charge on any atom is 0.337 e. The Bertz CT molecular complexity index is 1300. The zero-order chi connectivity index (χ0) is 23.6. The molecule has 0 radical (unpaired) electrons. The molecule has 0 bridgehead atoms. The van der Waals surface area contributed by atoms with Crippen LogP contribution >= 0.6 is 11.3 Å². The first-order valence-corrected chi connectivity index (χ1v) is 12.3. The van der Waals surface area contributed by atoms with Gasteiger partial charge in [0, 0.05) is 23.5 Å². The summed E-state index contributed by atoms with van der Waals surface area (Å²) in [5.74, 6) is -0.503. The molecular weight excluding hydrogens is 464 g/mol. The van der Waals surface area contributed by atoms with E-state index in [9.17, 15) is 18.0 Å². The third kappa shape index (κ3) is 5.05. The van der Waals surface area contributed by atoms with E-state index < -0.39 is 22.0 Å². The molecule has 2 N–H and O–H groups in total. The van der Waals surface area contributed by atoms with E-state index in [2.05, 4.69) is 20.4 Å². The summed E-state index contributed by atoms with van der Waals surface area (Å²) < 4.78 is 32.1. The molecule has 0 atom stereocenters. The van der Waals surface area contributed by atoms with Crippen LogP contribution in [0, 0.1) is 6.92 Å². The molecule has 11 heteroatoms. The lowest BCUT2D eigenvalue weighted by Gasteiger charge is -2.25. The third-order valence-corrected chi connectivity index (χ3v) is 7.97. The second-order valence-corrected chi connectivity index (χ2v) is 10.5. The standard InChI is InChI=1S/C22H22N4O5S2/c1-14-6-8-17(9-7-14)33(29,30)26-11-10-18-19(13-26)32-22(24-18)25-21(28)23-16-5-3-4-15(12-16)20(27)31-2/h3-9,12H,10-11,13H2,1-2H3,(H2,23,24,25,28). The fourth-order valence-corrected chi connectivity index (χ4v) is 5.90. The molecule has 2 aromatic carbocycles. The zero-order valence-electron chi connectivity index (χ0n) is 18.0. The SMILES string of the molecule is COC(=O)c1cccc(NC(=O)Nc2nc3c(s2)CN(S(=O)(=O)c2ccc(C)cc2)CC3)c1. The van der Waals surface area contributed by atoms with E-state index >= 15 is 0 Å². The first kappa shape index (κ1) is 22.9. The molecule has 2 heterocycles. The lowest BCUT2D eigenvalue weighted by atomic mass is 10.2. The van der Waals surface area contributed by atoms with Crippen molar-refractivity contribution in [3.8, 4) is 0 Å². The van der Waals surface area contributed by atoms with Gasteiger partial charge in [-0.05, 0) is 37.3 Å². The van der Waals surface area contributed by atoms with E-state index in [1.54, 1.807) is 42.5 Å². The summed E-state index contributed by atoms with van der Waals surface area (Å²) in [5, 5.41) is 5.70. The Morgan fingerprint density at radius 3 is 2.61 bits per heavy atom. The van der Waals surface area contributed by atoms with Gasteiger partial charge in [-0.2, -0.15) is 4.31 Å². The molecule has 0 spiro atoms. The Labute approximate surface area is 195 Å². The normalized spacial score (nSPS) is 13.8. The third-order valence-electron chi connectivity index (χ3n) is 5.12. The summed E-state index contributed by atoms with van der Waals surface area (Å²) in [6, 6.07) is 12.6. The number of thiazole rings is 1. The molecular formula is C22H22N4O5S2. The number of nitrogens with zero attached hydrogens (tertiary/aromatic N) is 2. The number of aryl methyl sites for hydroxylation is 1. The lowest BCUT2D eigenvalue weighted by Crippen LogP contribution is -2.35. The molecule has 172 valence electrons. The van der Waals surface area contributed by atoms with Gasteiger partial charge in [-0.1, -0.05) is 35.1 Å². The fourth-order valence-electron chi connectivity index (χ4n) is 3.39. The highest BCUT2D eigenvalue weighted by atomic mass is 32.2. The van der Waals surface area contributed by atoms with Crippen molar-refractivity contribution in [1.82, 2.24) is 9.29 Å². The van der Waals surface area contributed by atoms with Crippen LogP contribution in [0.5, 0.6) is 0 Å². The largest absolute Gasteiger partial charge is 0.465 e. The predicted octanol–water partition coefficient (Wildman–Crippen LogP) is 3.63. The first-order chi connectivity index (χ1) is 15.8. The molecule has 33 heavy (non-hydrogen) atoms. The van der Waals surface area contributed by atoms with Crippen LogP contribution in [0.25, 0.3) is 0 Å². The number of carbonyl (C=O) groups is 2. The van der Waals surface area contributed by atoms with Crippen LogP contribution in [0.4, 0.5) is 15.6 Å². The van der Waals surface area contributed by atoms with E-state index in [-0.39, 0.29) is 11.4 Å². The number of fused-ring (bicyclic) bond motifs is 1. The number of amides is 2. The molecule has 4 rings (SSSR count). The van der Waals surface area contributed by atoms with Crippen LogP contribution in [0.1, 0.15) is 26.5 Å². The van der Waals surface area contributed by atoms with Crippen LogP contribution in [-0.4, -0.2) is 43.4 Å². The van der Waals surface area contributed by atoms with Crippen molar-refractivity contribution in [2.45, 2.75) is 24.8 Å². The number of urea groups is 1. The van der Waals surface area contributed by atoms with Gasteiger partial charge >= 0.3 is 12.0 Å². The molecule has 3 aromatic rings. The minimum absolute atomic E-state index is 0.202. The van der Waals surface area contributed by atoms with Gasteiger partial charge in [-0.25, -0.2) is 23.0 Å². The van der Waals surface area contributed by atoms with Crippen molar-refractivity contribution in [2.24, 2.45) is 0 Å². The Kier molecular flexibility index (Phi) is 6.45. The highest BCUT2D eigenvalue weighted by molar-refractivity contribution is 7.89. The van der Waals surface area contributed by atoms with Gasteiger partial charge in [0.15, 0.2) is 5.13 Å². The molecule has 0 unspecified atom stereocenters. The maximum atomic E-state index is 13.0. The molecule has 0 fully saturated rings. The number of esters is 1. The van der Waals surface area contributed by atoms with Crippen molar-refractivity contribution in [2.75, 3.05) is 24.3 Å². The second-order valence-electron chi connectivity index (χ2n) is 7.44. The summed E-state index contributed by atoms with van der Waals surface area (Å²) in [6.45, 7) is 2.42. The van der Waals surface area contributed by atoms with E-state index in [0.717, 1.165) is 16.1 Å². The van der Waals surface area contributed by atoms with E-state index in [1.165, 1.54) is 28.8 Å². The second kappa shape index (κ2) is 9.30. The smallest absolute Gasteiger partial charge is 0.337 e. The summed E-state index contributed by atoms with van der Waals surface area (Å²) in [5.41, 5.74) is 2.50. The van der Waals surface area contributed by atoms with Gasteiger partial charge in [-0.3, -0.25) is 5.32 Å².